The molecule has 1 fully saturated rings. The number of alkyl halides is 3. The molecule has 10 heteroatoms. The van der Waals surface area contributed by atoms with Crippen LogP contribution >= 0.6 is 0 Å². The summed E-state index contributed by atoms with van der Waals surface area (Å²) in [5, 5.41) is 10.4. The Balaban J connectivity index is 1.68. The van der Waals surface area contributed by atoms with Gasteiger partial charge in [0.15, 0.2) is 0 Å². The summed E-state index contributed by atoms with van der Waals surface area (Å²) < 4.78 is 40.9. The summed E-state index contributed by atoms with van der Waals surface area (Å²) >= 11 is 0. The number of aromatic nitrogens is 4. The lowest BCUT2D eigenvalue weighted by molar-refractivity contribution is -0.146. The SMILES string of the molecule is CCn1cc(CN2CCC(C(=O)NCC(F)(F)F)(n3cccn3)CC2)cn1. The molecule has 27 heavy (non-hydrogen) atoms. The summed E-state index contributed by atoms with van der Waals surface area (Å²) in [5.74, 6) is -0.637. The van der Waals surface area contributed by atoms with Crippen LogP contribution in [-0.2, 0) is 23.4 Å². The van der Waals surface area contributed by atoms with Gasteiger partial charge in [-0.25, -0.2) is 0 Å². The van der Waals surface area contributed by atoms with E-state index in [9.17, 15) is 18.0 Å². The van der Waals surface area contributed by atoms with E-state index in [-0.39, 0.29) is 0 Å². The van der Waals surface area contributed by atoms with Crippen LogP contribution in [0.1, 0.15) is 25.3 Å². The van der Waals surface area contributed by atoms with Gasteiger partial charge in [0.2, 0.25) is 5.91 Å². The van der Waals surface area contributed by atoms with Crippen LogP contribution in [0.5, 0.6) is 0 Å². The lowest BCUT2D eigenvalue weighted by atomic mass is 9.86. The largest absolute Gasteiger partial charge is 0.405 e. The Morgan fingerprint density at radius 3 is 2.59 bits per heavy atom. The van der Waals surface area contributed by atoms with Gasteiger partial charge >= 0.3 is 6.18 Å². The first-order valence-electron chi connectivity index (χ1n) is 8.91. The Morgan fingerprint density at radius 1 is 1.30 bits per heavy atom. The molecule has 0 bridgehead atoms. The molecule has 148 valence electrons. The van der Waals surface area contributed by atoms with Crippen molar-refractivity contribution in [3.05, 3.63) is 36.4 Å². The second-order valence-corrected chi connectivity index (χ2v) is 6.76. The maximum atomic E-state index is 12.7. The zero-order chi connectivity index (χ0) is 19.5. The Kier molecular flexibility index (Phi) is 5.54. The van der Waals surface area contributed by atoms with E-state index in [2.05, 4.69) is 15.1 Å². The van der Waals surface area contributed by atoms with Crippen molar-refractivity contribution in [2.75, 3.05) is 19.6 Å². The predicted octanol–water partition coefficient (Wildman–Crippen LogP) is 1.77. The van der Waals surface area contributed by atoms with Crippen LogP contribution in [0, 0.1) is 0 Å². The van der Waals surface area contributed by atoms with Gasteiger partial charge in [-0.05, 0) is 25.8 Å². The summed E-state index contributed by atoms with van der Waals surface area (Å²) in [5.41, 5.74) is -0.0243. The van der Waals surface area contributed by atoms with Gasteiger partial charge in [-0.3, -0.25) is 19.1 Å². The highest BCUT2D eigenvalue weighted by Crippen LogP contribution is 2.31. The Hall–Kier alpha value is -2.36. The maximum Gasteiger partial charge on any atom is 0.405 e. The van der Waals surface area contributed by atoms with Gasteiger partial charge in [-0.1, -0.05) is 0 Å². The second-order valence-electron chi connectivity index (χ2n) is 6.76. The summed E-state index contributed by atoms with van der Waals surface area (Å²) in [7, 11) is 0. The van der Waals surface area contributed by atoms with Gasteiger partial charge in [0, 0.05) is 50.3 Å². The van der Waals surface area contributed by atoms with Crippen molar-refractivity contribution < 1.29 is 18.0 Å². The number of carbonyl (C=O) groups is 1. The van der Waals surface area contributed by atoms with E-state index < -0.39 is 24.2 Å². The van der Waals surface area contributed by atoms with Gasteiger partial charge in [0.25, 0.3) is 0 Å². The highest BCUT2D eigenvalue weighted by atomic mass is 19.4. The zero-order valence-electron chi connectivity index (χ0n) is 15.1. The lowest BCUT2D eigenvalue weighted by Crippen LogP contribution is -2.56. The Labute approximate surface area is 155 Å². The molecule has 1 aliphatic heterocycles. The van der Waals surface area contributed by atoms with Crippen LogP contribution in [0.15, 0.2) is 30.9 Å². The van der Waals surface area contributed by atoms with Crippen LogP contribution in [0.2, 0.25) is 0 Å². The molecule has 0 aliphatic carbocycles. The number of rotatable bonds is 6. The highest BCUT2D eigenvalue weighted by Gasteiger charge is 2.44. The van der Waals surface area contributed by atoms with Crippen LogP contribution in [0.25, 0.3) is 0 Å². The van der Waals surface area contributed by atoms with Crippen molar-refractivity contribution in [1.82, 2.24) is 29.8 Å². The van der Waals surface area contributed by atoms with Crippen LogP contribution in [0.3, 0.4) is 0 Å². The zero-order valence-corrected chi connectivity index (χ0v) is 15.1. The molecule has 0 atom stereocenters. The van der Waals surface area contributed by atoms with E-state index in [1.165, 1.54) is 10.9 Å². The molecule has 3 rings (SSSR count). The molecule has 0 aromatic carbocycles. The molecule has 0 spiro atoms. The van der Waals surface area contributed by atoms with E-state index in [1.54, 1.807) is 12.3 Å². The highest BCUT2D eigenvalue weighted by molar-refractivity contribution is 5.84. The number of hydrogen-bond acceptors (Lipinski definition) is 4. The monoisotopic (exact) mass is 384 g/mol. The molecule has 0 unspecified atom stereocenters. The van der Waals surface area contributed by atoms with Crippen molar-refractivity contribution in [3.63, 3.8) is 0 Å². The van der Waals surface area contributed by atoms with E-state index in [1.807, 2.05) is 29.3 Å². The molecule has 7 nitrogen and oxygen atoms in total. The van der Waals surface area contributed by atoms with Crippen molar-refractivity contribution in [1.29, 1.82) is 0 Å². The third-order valence-corrected chi connectivity index (χ3v) is 4.92. The molecular weight excluding hydrogens is 361 g/mol. The fourth-order valence-electron chi connectivity index (χ4n) is 3.43. The Morgan fingerprint density at radius 2 is 2.04 bits per heavy atom. The third-order valence-electron chi connectivity index (χ3n) is 4.92. The topological polar surface area (TPSA) is 68.0 Å². The summed E-state index contributed by atoms with van der Waals surface area (Å²) in [6, 6.07) is 1.67. The maximum absolute atomic E-state index is 12.7. The summed E-state index contributed by atoms with van der Waals surface area (Å²) in [6.45, 7) is 3.32. The fourth-order valence-corrected chi connectivity index (χ4v) is 3.43. The minimum Gasteiger partial charge on any atom is -0.345 e. The second kappa shape index (κ2) is 7.71. The molecule has 0 radical (unpaired) electrons. The van der Waals surface area contributed by atoms with Crippen LogP contribution in [-0.4, -0.2) is 56.2 Å². The van der Waals surface area contributed by atoms with Crippen molar-refractivity contribution >= 4 is 5.91 Å². The number of amides is 1. The molecule has 1 saturated heterocycles. The van der Waals surface area contributed by atoms with E-state index >= 15 is 0 Å². The molecule has 2 aromatic heterocycles. The Bertz CT molecular complexity index is 747. The number of aryl methyl sites for hydroxylation is 1. The van der Waals surface area contributed by atoms with E-state index in [0.29, 0.717) is 32.5 Å². The molecule has 1 N–H and O–H groups in total. The first-order chi connectivity index (χ1) is 12.8. The van der Waals surface area contributed by atoms with Gasteiger partial charge in [0.05, 0.1) is 6.20 Å². The number of piperidine rings is 1. The molecular formula is C17H23F3N6O. The van der Waals surface area contributed by atoms with E-state index in [4.69, 9.17) is 0 Å². The van der Waals surface area contributed by atoms with Crippen molar-refractivity contribution in [2.45, 2.75) is 44.6 Å². The van der Waals surface area contributed by atoms with Gasteiger partial charge in [-0.2, -0.15) is 23.4 Å². The number of likely N-dealkylation sites (tertiary alicyclic amines) is 1. The summed E-state index contributed by atoms with van der Waals surface area (Å²) in [4.78, 5) is 14.8. The molecule has 1 aliphatic rings. The smallest absolute Gasteiger partial charge is 0.345 e. The van der Waals surface area contributed by atoms with Crippen LogP contribution < -0.4 is 5.32 Å². The number of halogens is 3. The molecule has 2 aromatic rings. The molecule has 0 saturated carbocycles. The predicted molar refractivity (Wildman–Crippen MR) is 91.7 cm³/mol. The first kappa shape index (κ1) is 19.4. The van der Waals surface area contributed by atoms with Gasteiger partial charge in [0.1, 0.15) is 12.1 Å². The van der Waals surface area contributed by atoms with E-state index in [0.717, 1.165) is 12.1 Å². The standard InChI is InChI=1S/C17H23F3N6O/c1-2-25-12-14(10-23-25)11-24-8-4-16(5-9-24,26-7-3-6-22-26)15(27)21-13-17(18,19)20/h3,6-7,10,12H,2,4-5,8-9,11,13H2,1H3,(H,21,27). The normalized spacial score (nSPS) is 17.8. The third kappa shape index (κ3) is 4.49. The lowest BCUT2D eigenvalue weighted by Gasteiger charge is -2.40. The quantitative estimate of drug-likeness (QED) is 0.824. The van der Waals surface area contributed by atoms with Crippen molar-refractivity contribution in [2.24, 2.45) is 0 Å². The minimum atomic E-state index is -4.44. The number of hydrogen-bond donors (Lipinski definition) is 1. The number of nitrogens with zero attached hydrogens (tertiary/aromatic N) is 5. The minimum absolute atomic E-state index is 0.389. The van der Waals surface area contributed by atoms with Crippen molar-refractivity contribution in [3.8, 4) is 0 Å². The average molecular weight is 384 g/mol. The van der Waals surface area contributed by atoms with Crippen LogP contribution in [0.4, 0.5) is 13.2 Å². The average Bonchev–Trinajstić information content (AvgIpc) is 3.32. The fraction of sp³-hybridized carbons (Fsp3) is 0.588. The van der Waals surface area contributed by atoms with Gasteiger partial charge < -0.3 is 5.32 Å². The number of nitrogens with one attached hydrogen (secondary N) is 1. The molecule has 3 heterocycles. The number of carbonyl (C=O) groups excluding carboxylic acids is 1. The first-order valence-corrected chi connectivity index (χ1v) is 8.91. The summed E-state index contributed by atoms with van der Waals surface area (Å²) in [6.07, 6.45) is 3.29. The van der Waals surface area contributed by atoms with Gasteiger partial charge in [-0.15, -0.1) is 0 Å². The molecule has 1 amide bonds.